The van der Waals surface area contributed by atoms with Crippen molar-refractivity contribution in [3.05, 3.63) is 81.4 Å². The van der Waals surface area contributed by atoms with Gasteiger partial charge in [0, 0.05) is 66.4 Å². The minimum atomic E-state index is -1.22. The second-order valence-electron chi connectivity index (χ2n) is 10.9. The van der Waals surface area contributed by atoms with Crippen LogP contribution in [0.15, 0.2) is 42.5 Å². The molecule has 3 aromatic carbocycles. The lowest BCUT2D eigenvalue weighted by Gasteiger charge is -2.39. The summed E-state index contributed by atoms with van der Waals surface area (Å²) >= 11 is 0. The van der Waals surface area contributed by atoms with Crippen LogP contribution in [0.2, 0.25) is 0 Å². The van der Waals surface area contributed by atoms with E-state index >= 15 is 0 Å². The van der Waals surface area contributed by atoms with E-state index in [1.165, 1.54) is 11.1 Å². The summed E-state index contributed by atoms with van der Waals surface area (Å²) in [6, 6.07) is 13.4. The molecule has 0 radical (unpaired) electrons. The molecule has 3 heterocycles. The normalized spacial score (nSPS) is 17.8. The van der Waals surface area contributed by atoms with Crippen LogP contribution in [0.3, 0.4) is 0 Å². The standard InChI is InChI=1S/C32H30N4O4/c1-3-35-11-5-7-19-13-24-28(16-26(19)35)40-29-17-27-20(8-6-12-36(27)4-2)14-25(29)32(24)23-15-21(39-18-37)9-10-22(23)30(38)31(32)34-33/h9-10,13-18H,3-8,11-12H2,1-2H3. The number of nitrogens with zero attached hydrogens (tertiary/aromatic N) is 4. The van der Waals surface area contributed by atoms with Crippen LogP contribution in [0.1, 0.15) is 64.9 Å². The molecule has 0 saturated heterocycles. The van der Waals surface area contributed by atoms with Gasteiger partial charge in [-0.1, -0.05) is 0 Å². The molecular weight excluding hydrogens is 504 g/mol. The second-order valence-corrected chi connectivity index (χ2v) is 10.9. The number of hydrogen-bond acceptors (Lipinski definition) is 6. The monoisotopic (exact) mass is 534 g/mol. The number of anilines is 2. The zero-order chi connectivity index (χ0) is 27.6. The van der Waals surface area contributed by atoms with E-state index in [0.29, 0.717) is 34.8 Å². The zero-order valence-corrected chi connectivity index (χ0v) is 22.7. The largest absolute Gasteiger partial charge is 0.457 e. The first-order chi connectivity index (χ1) is 19.5. The summed E-state index contributed by atoms with van der Waals surface area (Å²) in [4.78, 5) is 33.6. The van der Waals surface area contributed by atoms with E-state index in [1.807, 2.05) is 0 Å². The number of fused-ring (bicyclic) bond motifs is 8. The van der Waals surface area contributed by atoms with Gasteiger partial charge >= 0.3 is 5.71 Å². The van der Waals surface area contributed by atoms with Gasteiger partial charge in [0.2, 0.25) is 0 Å². The van der Waals surface area contributed by atoms with Crippen LogP contribution in [-0.4, -0.2) is 48.9 Å². The van der Waals surface area contributed by atoms with Gasteiger partial charge in [0.25, 0.3) is 12.3 Å². The minimum absolute atomic E-state index is 0.0303. The number of benzene rings is 3. The third-order valence-corrected chi connectivity index (χ3v) is 9.08. The molecule has 0 atom stereocenters. The Morgan fingerprint density at radius 3 is 2.05 bits per heavy atom. The Balaban J connectivity index is 1.60. The molecule has 0 saturated carbocycles. The smallest absolute Gasteiger partial charge is 0.358 e. The van der Waals surface area contributed by atoms with Crippen molar-refractivity contribution in [2.45, 2.75) is 44.9 Å². The molecule has 3 aliphatic heterocycles. The van der Waals surface area contributed by atoms with Gasteiger partial charge in [0.15, 0.2) is 5.41 Å². The molecule has 0 fully saturated rings. The van der Waals surface area contributed by atoms with Crippen LogP contribution in [0.25, 0.3) is 5.53 Å². The third-order valence-electron chi connectivity index (χ3n) is 9.08. The third kappa shape index (κ3) is 3.20. The maximum absolute atomic E-state index is 13.9. The number of ether oxygens (including phenoxy) is 2. The van der Waals surface area contributed by atoms with Crippen LogP contribution >= 0.6 is 0 Å². The topological polar surface area (TPSA) is 95.5 Å². The Morgan fingerprint density at radius 2 is 1.52 bits per heavy atom. The zero-order valence-electron chi connectivity index (χ0n) is 22.7. The highest BCUT2D eigenvalue weighted by Gasteiger charge is 2.62. The number of rotatable bonds is 4. The lowest BCUT2D eigenvalue weighted by Crippen LogP contribution is -2.41. The van der Waals surface area contributed by atoms with Gasteiger partial charge in [0.05, 0.1) is 0 Å². The minimum Gasteiger partial charge on any atom is -0.457 e. The highest BCUT2D eigenvalue weighted by molar-refractivity contribution is 6.52. The summed E-state index contributed by atoms with van der Waals surface area (Å²) in [5, 5.41) is 0. The fourth-order valence-electron chi connectivity index (χ4n) is 7.31. The fraction of sp³-hybridized carbons (Fsp3) is 0.344. The molecule has 0 amide bonds. The van der Waals surface area contributed by atoms with Gasteiger partial charge in [0.1, 0.15) is 17.2 Å². The van der Waals surface area contributed by atoms with Crippen LogP contribution < -0.4 is 19.3 Å². The maximum Gasteiger partial charge on any atom is 0.358 e. The number of Topliss-reactive ketones (excluding diaryl/α,β-unsaturated/α-hetero) is 1. The molecular formula is C32H30N4O4. The number of ketones is 1. The summed E-state index contributed by atoms with van der Waals surface area (Å²) in [7, 11) is 0. The molecule has 8 nitrogen and oxygen atoms in total. The highest BCUT2D eigenvalue weighted by atomic mass is 16.5. The fourth-order valence-corrected chi connectivity index (χ4v) is 7.31. The number of carbonyl (C=O) groups excluding carboxylic acids is 2. The molecule has 1 aliphatic carbocycles. The van der Waals surface area contributed by atoms with E-state index in [1.54, 1.807) is 18.2 Å². The first-order valence-electron chi connectivity index (χ1n) is 14.1. The van der Waals surface area contributed by atoms with Gasteiger partial charge in [-0.3, -0.25) is 9.59 Å². The average Bonchev–Trinajstić information content (AvgIpc) is 3.22. The molecule has 0 aromatic heterocycles. The van der Waals surface area contributed by atoms with Gasteiger partial charge in [-0.05, 0) is 86.6 Å². The molecule has 0 unspecified atom stereocenters. The first-order valence-corrected chi connectivity index (χ1v) is 14.1. The average molecular weight is 535 g/mol. The Labute approximate surface area is 232 Å². The van der Waals surface area contributed by atoms with Gasteiger partial charge < -0.3 is 24.8 Å². The van der Waals surface area contributed by atoms with Crippen molar-refractivity contribution in [2.24, 2.45) is 0 Å². The van der Waals surface area contributed by atoms with Crippen molar-refractivity contribution < 1.29 is 23.9 Å². The van der Waals surface area contributed by atoms with E-state index in [9.17, 15) is 15.1 Å². The van der Waals surface area contributed by atoms with Crippen molar-refractivity contribution in [3.63, 3.8) is 0 Å². The van der Waals surface area contributed by atoms with Crippen LogP contribution in [-0.2, 0) is 23.1 Å². The Hall–Kier alpha value is -4.42. The van der Waals surface area contributed by atoms with Crippen molar-refractivity contribution in [2.75, 3.05) is 36.0 Å². The van der Waals surface area contributed by atoms with Crippen LogP contribution in [0.5, 0.6) is 17.2 Å². The van der Waals surface area contributed by atoms with E-state index < -0.39 is 5.41 Å². The Morgan fingerprint density at radius 1 is 0.925 bits per heavy atom. The molecule has 40 heavy (non-hydrogen) atoms. The molecule has 7 rings (SSSR count). The molecule has 1 spiro atoms. The lowest BCUT2D eigenvalue weighted by molar-refractivity contribution is -0.120. The van der Waals surface area contributed by atoms with Crippen molar-refractivity contribution in [1.82, 2.24) is 0 Å². The number of carbonyl (C=O) groups is 2. The molecule has 0 N–H and O–H groups in total. The summed E-state index contributed by atoms with van der Waals surface area (Å²) in [5.41, 5.74) is 16.5. The van der Waals surface area contributed by atoms with Crippen molar-refractivity contribution >= 4 is 29.3 Å². The SMILES string of the molecule is CCN1CCCc2cc3c(cc21)Oc1cc2c(cc1C31C(=[N+]=[N-])C(=O)c3ccc(OC=O)cc31)CCCN2CC. The maximum atomic E-state index is 13.9. The predicted octanol–water partition coefficient (Wildman–Crippen LogP) is 5.07. The van der Waals surface area contributed by atoms with Crippen molar-refractivity contribution in [3.8, 4) is 17.2 Å². The van der Waals surface area contributed by atoms with Crippen LogP contribution in [0, 0.1) is 0 Å². The summed E-state index contributed by atoms with van der Waals surface area (Å²) in [6.07, 6.45) is 3.85. The quantitative estimate of drug-likeness (QED) is 0.263. The second kappa shape index (κ2) is 9.07. The summed E-state index contributed by atoms with van der Waals surface area (Å²) in [6.45, 7) is 8.38. The molecule has 3 aromatic rings. The predicted molar refractivity (Wildman–Crippen MR) is 151 cm³/mol. The lowest BCUT2D eigenvalue weighted by atomic mass is 9.66. The van der Waals surface area contributed by atoms with Gasteiger partial charge in [-0.2, -0.15) is 4.79 Å². The Kier molecular flexibility index (Phi) is 5.58. The van der Waals surface area contributed by atoms with E-state index in [0.717, 1.165) is 74.4 Å². The summed E-state index contributed by atoms with van der Waals surface area (Å²) in [5.74, 6) is 1.23. The van der Waals surface area contributed by atoms with Gasteiger partial charge in [-0.15, -0.1) is 0 Å². The van der Waals surface area contributed by atoms with E-state index in [2.05, 4.69) is 52.7 Å². The molecule has 202 valence electrons. The summed E-state index contributed by atoms with van der Waals surface area (Å²) < 4.78 is 12.0. The molecule has 4 aliphatic rings. The molecule has 0 bridgehead atoms. The first kappa shape index (κ1) is 24.6. The van der Waals surface area contributed by atoms with E-state index in [-0.39, 0.29) is 11.5 Å². The van der Waals surface area contributed by atoms with Crippen molar-refractivity contribution in [1.29, 1.82) is 0 Å². The van der Waals surface area contributed by atoms with E-state index in [4.69, 9.17) is 9.47 Å². The van der Waals surface area contributed by atoms with Crippen LogP contribution in [0.4, 0.5) is 11.4 Å². The Bertz CT molecular complexity index is 1580. The number of hydrogen-bond donors (Lipinski definition) is 0. The highest BCUT2D eigenvalue weighted by Crippen LogP contribution is 2.58. The van der Waals surface area contributed by atoms with Gasteiger partial charge in [-0.25, -0.2) is 0 Å². The molecule has 8 heteroatoms. The number of aryl methyl sites for hydroxylation is 2.